The molecule has 0 N–H and O–H groups in total. The zero-order valence-corrected chi connectivity index (χ0v) is 11.2. The van der Waals surface area contributed by atoms with Gasteiger partial charge in [-0.15, -0.1) is 11.3 Å². The molecule has 0 spiro atoms. The molecule has 0 atom stereocenters. The highest BCUT2D eigenvalue weighted by Crippen LogP contribution is 2.36. The van der Waals surface area contributed by atoms with Crippen LogP contribution in [0.15, 0.2) is 24.3 Å². The van der Waals surface area contributed by atoms with E-state index in [9.17, 15) is 4.79 Å². The van der Waals surface area contributed by atoms with E-state index < -0.39 is 0 Å². The Morgan fingerprint density at radius 2 is 1.94 bits per heavy atom. The van der Waals surface area contributed by atoms with Crippen LogP contribution in [0.25, 0.3) is 0 Å². The van der Waals surface area contributed by atoms with Gasteiger partial charge < -0.3 is 9.47 Å². The second kappa shape index (κ2) is 4.46. The molecule has 92 valence electrons. The summed E-state index contributed by atoms with van der Waals surface area (Å²) in [6, 6.07) is 6.60. The monoisotopic (exact) mass is 300 g/mol. The molecule has 18 heavy (non-hydrogen) atoms. The normalized spacial score (nSPS) is 12.8. The number of ketones is 1. The Hall–Kier alpha value is -1.23. The Morgan fingerprint density at radius 3 is 2.67 bits per heavy atom. The first-order valence-electron chi connectivity index (χ1n) is 5.04. The third-order valence-corrected chi connectivity index (χ3v) is 4.02. The van der Waals surface area contributed by atoms with Gasteiger partial charge in [0.25, 0.3) is 0 Å². The first-order chi connectivity index (χ1) is 8.65. The first-order valence-corrected chi connectivity index (χ1v) is 6.61. The molecule has 1 aromatic heterocycles. The van der Waals surface area contributed by atoms with Crippen LogP contribution in [0.2, 0.25) is 8.67 Å². The summed E-state index contributed by atoms with van der Waals surface area (Å²) in [5, 5.41) is 0. The van der Waals surface area contributed by atoms with Crippen molar-refractivity contribution in [2.24, 2.45) is 0 Å². The highest BCUT2D eigenvalue weighted by molar-refractivity contribution is 7.20. The summed E-state index contributed by atoms with van der Waals surface area (Å²) >= 11 is 13.0. The number of hydrogen-bond donors (Lipinski definition) is 0. The van der Waals surface area contributed by atoms with Crippen molar-refractivity contribution >= 4 is 40.3 Å². The Bertz CT molecular complexity index is 636. The maximum absolute atomic E-state index is 12.2. The van der Waals surface area contributed by atoms with Crippen LogP contribution in [0.3, 0.4) is 0 Å². The quantitative estimate of drug-likeness (QED) is 0.786. The molecule has 6 heteroatoms. The summed E-state index contributed by atoms with van der Waals surface area (Å²) < 4.78 is 11.3. The van der Waals surface area contributed by atoms with Crippen molar-refractivity contribution in [3.63, 3.8) is 0 Å². The van der Waals surface area contributed by atoms with Crippen LogP contribution < -0.4 is 9.47 Å². The van der Waals surface area contributed by atoms with Crippen molar-refractivity contribution in [2.45, 2.75) is 0 Å². The molecule has 3 rings (SSSR count). The van der Waals surface area contributed by atoms with Gasteiger partial charge in [-0.25, -0.2) is 0 Å². The van der Waals surface area contributed by atoms with Gasteiger partial charge >= 0.3 is 0 Å². The molecule has 0 fully saturated rings. The van der Waals surface area contributed by atoms with Crippen LogP contribution >= 0.6 is 34.5 Å². The third-order valence-electron chi connectivity index (χ3n) is 2.54. The molecule has 0 radical (unpaired) electrons. The van der Waals surface area contributed by atoms with Crippen LogP contribution in [-0.2, 0) is 0 Å². The third kappa shape index (κ3) is 1.96. The van der Waals surface area contributed by atoms with Crippen molar-refractivity contribution < 1.29 is 14.3 Å². The van der Waals surface area contributed by atoms with Crippen molar-refractivity contribution in [3.8, 4) is 11.5 Å². The smallest absolute Gasteiger partial charge is 0.231 e. The number of halogens is 2. The summed E-state index contributed by atoms with van der Waals surface area (Å²) in [5.74, 6) is 1.03. The Balaban J connectivity index is 2.00. The predicted octanol–water partition coefficient (Wildman–Crippen LogP) is 4.01. The molecule has 0 aliphatic carbocycles. The van der Waals surface area contributed by atoms with E-state index in [4.69, 9.17) is 32.7 Å². The molecule has 0 amide bonds. The molecule has 2 heterocycles. The van der Waals surface area contributed by atoms with E-state index in [1.54, 1.807) is 24.3 Å². The van der Waals surface area contributed by atoms with Gasteiger partial charge in [0.2, 0.25) is 6.79 Å². The number of carbonyl (C=O) groups is 1. The average Bonchev–Trinajstić information content (AvgIpc) is 2.93. The number of benzene rings is 1. The van der Waals surface area contributed by atoms with Gasteiger partial charge in [-0.3, -0.25) is 4.79 Å². The van der Waals surface area contributed by atoms with Gasteiger partial charge in [-0.2, -0.15) is 0 Å². The van der Waals surface area contributed by atoms with Crippen molar-refractivity contribution in [2.75, 3.05) is 6.79 Å². The largest absolute Gasteiger partial charge is 0.454 e. The molecule has 1 aliphatic rings. The maximum atomic E-state index is 12.2. The molecule has 0 saturated heterocycles. The van der Waals surface area contributed by atoms with Crippen LogP contribution in [0.1, 0.15) is 15.9 Å². The van der Waals surface area contributed by atoms with Gasteiger partial charge in [0.1, 0.15) is 4.34 Å². The lowest BCUT2D eigenvalue weighted by Gasteiger charge is -2.01. The summed E-state index contributed by atoms with van der Waals surface area (Å²) in [6.45, 7) is 0.179. The van der Waals surface area contributed by atoms with Gasteiger partial charge in [-0.1, -0.05) is 23.2 Å². The molecule has 0 unspecified atom stereocenters. The molecule has 2 aromatic rings. The number of rotatable bonds is 2. The van der Waals surface area contributed by atoms with Crippen molar-refractivity contribution in [3.05, 3.63) is 44.1 Å². The topological polar surface area (TPSA) is 35.5 Å². The van der Waals surface area contributed by atoms with Crippen LogP contribution in [0, 0.1) is 0 Å². The maximum Gasteiger partial charge on any atom is 0.231 e. The zero-order valence-electron chi connectivity index (χ0n) is 8.91. The van der Waals surface area contributed by atoms with Gasteiger partial charge in [0, 0.05) is 5.56 Å². The van der Waals surface area contributed by atoms with E-state index in [0.717, 1.165) is 0 Å². The fourth-order valence-electron chi connectivity index (χ4n) is 1.69. The molecule has 1 aliphatic heterocycles. The summed E-state index contributed by atoms with van der Waals surface area (Å²) in [4.78, 5) is 12.2. The van der Waals surface area contributed by atoms with E-state index in [-0.39, 0.29) is 12.6 Å². The number of hydrogen-bond acceptors (Lipinski definition) is 4. The fourth-order valence-corrected chi connectivity index (χ4v) is 3.15. The molecule has 3 nitrogen and oxygen atoms in total. The second-order valence-electron chi connectivity index (χ2n) is 3.64. The standard InChI is InChI=1S/C12H6Cl2O3S/c13-10-4-7(12(14)18-10)11(15)6-1-2-8-9(3-6)17-5-16-8/h1-4H,5H2. The number of carbonyl (C=O) groups excluding carboxylic acids is 1. The summed E-state index contributed by atoms with van der Waals surface area (Å²) in [6.07, 6.45) is 0. The molecule has 0 saturated carbocycles. The number of thiophene rings is 1. The van der Waals surface area contributed by atoms with E-state index in [0.29, 0.717) is 31.3 Å². The van der Waals surface area contributed by atoms with Gasteiger partial charge in [-0.05, 0) is 24.3 Å². The highest BCUT2D eigenvalue weighted by atomic mass is 35.5. The van der Waals surface area contributed by atoms with E-state index in [1.165, 1.54) is 11.3 Å². The van der Waals surface area contributed by atoms with E-state index in [1.807, 2.05) is 0 Å². The van der Waals surface area contributed by atoms with Crippen LogP contribution in [0.4, 0.5) is 0 Å². The Kier molecular flexibility index (Phi) is 2.93. The van der Waals surface area contributed by atoms with Gasteiger partial charge in [0.15, 0.2) is 17.3 Å². The first kappa shape index (κ1) is 11.8. The van der Waals surface area contributed by atoms with Crippen molar-refractivity contribution in [1.82, 2.24) is 0 Å². The van der Waals surface area contributed by atoms with Crippen molar-refractivity contribution in [1.29, 1.82) is 0 Å². The van der Waals surface area contributed by atoms with Gasteiger partial charge in [0.05, 0.1) is 9.90 Å². The minimum absolute atomic E-state index is 0.179. The molecular formula is C12H6Cl2O3S. The Labute approximate surface area is 117 Å². The van der Waals surface area contributed by atoms with E-state index in [2.05, 4.69) is 0 Å². The molecular weight excluding hydrogens is 295 g/mol. The lowest BCUT2D eigenvalue weighted by atomic mass is 10.1. The zero-order chi connectivity index (χ0) is 12.7. The fraction of sp³-hybridized carbons (Fsp3) is 0.0833. The second-order valence-corrected chi connectivity index (χ2v) is 5.92. The average molecular weight is 301 g/mol. The lowest BCUT2D eigenvalue weighted by Crippen LogP contribution is -2.00. The van der Waals surface area contributed by atoms with E-state index >= 15 is 0 Å². The lowest BCUT2D eigenvalue weighted by molar-refractivity contribution is 0.103. The summed E-state index contributed by atoms with van der Waals surface area (Å²) in [7, 11) is 0. The highest BCUT2D eigenvalue weighted by Gasteiger charge is 2.20. The van der Waals surface area contributed by atoms with Crippen LogP contribution in [0.5, 0.6) is 11.5 Å². The molecule has 0 bridgehead atoms. The predicted molar refractivity (Wildman–Crippen MR) is 70.3 cm³/mol. The number of ether oxygens (including phenoxy) is 2. The summed E-state index contributed by atoms with van der Waals surface area (Å²) in [5.41, 5.74) is 0.904. The number of fused-ring (bicyclic) bond motifs is 1. The van der Waals surface area contributed by atoms with Crippen LogP contribution in [-0.4, -0.2) is 12.6 Å². The SMILES string of the molecule is O=C(c1ccc2c(c1)OCO2)c1cc(Cl)sc1Cl. The minimum Gasteiger partial charge on any atom is -0.454 e. The Morgan fingerprint density at radius 1 is 1.17 bits per heavy atom. The molecule has 1 aromatic carbocycles. The minimum atomic E-state index is -0.179.